The number of hydrogen-bond donors (Lipinski definition) is 1. The molecule has 1 N–H and O–H groups in total. The molecule has 4 rings (SSSR count). The Kier molecular flexibility index (Phi) is 3.70. The molecular weight excluding hydrogens is 280 g/mol. The van der Waals surface area contributed by atoms with E-state index in [0.29, 0.717) is 6.04 Å². The van der Waals surface area contributed by atoms with E-state index in [1.807, 2.05) is 0 Å². The summed E-state index contributed by atoms with van der Waals surface area (Å²) >= 11 is 0. The Morgan fingerprint density at radius 3 is 2.74 bits per heavy atom. The highest BCUT2D eigenvalue weighted by Gasteiger charge is 2.29. The summed E-state index contributed by atoms with van der Waals surface area (Å²) < 4.78 is 0. The third-order valence-electron chi connectivity index (χ3n) is 5.13. The van der Waals surface area contributed by atoms with Gasteiger partial charge in [-0.1, -0.05) is 48.9 Å². The number of aryl methyl sites for hydroxylation is 1. The van der Waals surface area contributed by atoms with Gasteiger partial charge in [0.15, 0.2) is 0 Å². The molecule has 0 radical (unpaired) electrons. The highest BCUT2D eigenvalue weighted by Crippen LogP contribution is 2.37. The lowest BCUT2D eigenvalue weighted by atomic mass is 9.95. The second-order valence-electron chi connectivity index (χ2n) is 6.70. The third-order valence-corrected chi connectivity index (χ3v) is 5.13. The molecule has 118 valence electrons. The van der Waals surface area contributed by atoms with Crippen molar-refractivity contribution in [2.75, 3.05) is 6.54 Å². The van der Waals surface area contributed by atoms with Crippen molar-refractivity contribution in [3.63, 3.8) is 0 Å². The van der Waals surface area contributed by atoms with Gasteiger partial charge in [0, 0.05) is 29.7 Å². The van der Waals surface area contributed by atoms with E-state index in [2.05, 4.69) is 72.3 Å². The van der Waals surface area contributed by atoms with E-state index in [1.54, 1.807) is 5.56 Å². The molecule has 0 saturated carbocycles. The Labute approximate surface area is 138 Å². The fourth-order valence-electron chi connectivity index (χ4n) is 4.00. The van der Waals surface area contributed by atoms with Crippen LogP contribution >= 0.6 is 0 Å². The molecule has 1 aliphatic rings. The van der Waals surface area contributed by atoms with Gasteiger partial charge in [-0.15, -0.1) is 0 Å². The molecule has 2 heteroatoms. The number of nitrogens with zero attached hydrogens (tertiary/aromatic N) is 1. The van der Waals surface area contributed by atoms with Gasteiger partial charge >= 0.3 is 0 Å². The molecule has 1 atom stereocenters. The first kappa shape index (κ1) is 14.5. The predicted octanol–water partition coefficient (Wildman–Crippen LogP) is 4.99. The summed E-state index contributed by atoms with van der Waals surface area (Å²) in [5, 5.41) is 1.43. The van der Waals surface area contributed by atoms with Crippen molar-refractivity contribution in [1.29, 1.82) is 0 Å². The maximum absolute atomic E-state index is 3.72. The van der Waals surface area contributed by atoms with Crippen LogP contribution in [0, 0.1) is 6.92 Å². The number of benzene rings is 2. The van der Waals surface area contributed by atoms with Crippen LogP contribution in [0.25, 0.3) is 10.9 Å². The Morgan fingerprint density at radius 1 is 1.13 bits per heavy atom. The number of aromatic amines is 1. The lowest BCUT2D eigenvalue weighted by molar-refractivity contribution is 0.168. The molecule has 1 aliphatic heterocycles. The Bertz CT molecular complexity index is 816. The van der Waals surface area contributed by atoms with Crippen LogP contribution in [-0.2, 0) is 13.0 Å². The second-order valence-corrected chi connectivity index (χ2v) is 6.70. The molecule has 0 bridgehead atoms. The van der Waals surface area contributed by atoms with Crippen molar-refractivity contribution < 1.29 is 0 Å². The highest BCUT2D eigenvalue weighted by molar-refractivity contribution is 5.85. The lowest BCUT2D eigenvalue weighted by Gasteiger charge is -2.35. The van der Waals surface area contributed by atoms with Gasteiger partial charge in [-0.25, -0.2) is 0 Å². The van der Waals surface area contributed by atoms with Gasteiger partial charge in [0.25, 0.3) is 0 Å². The summed E-state index contributed by atoms with van der Waals surface area (Å²) in [5.74, 6) is 0. The van der Waals surface area contributed by atoms with Crippen LogP contribution in [0.5, 0.6) is 0 Å². The van der Waals surface area contributed by atoms with Crippen LogP contribution in [0.1, 0.15) is 41.8 Å². The largest absolute Gasteiger partial charge is 0.357 e. The first-order valence-corrected chi connectivity index (χ1v) is 8.65. The zero-order chi connectivity index (χ0) is 15.8. The molecule has 0 aliphatic carbocycles. The minimum atomic E-state index is 0.492. The van der Waals surface area contributed by atoms with Crippen LogP contribution in [0.15, 0.2) is 48.5 Å². The molecule has 0 fully saturated rings. The number of nitrogens with one attached hydrogen (secondary N) is 1. The smallest absolute Gasteiger partial charge is 0.0502 e. The molecule has 23 heavy (non-hydrogen) atoms. The lowest BCUT2D eigenvalue weighted by Crippen LogP contribution is -2.34. The summed E-state index contributed by atoms with van der Waals surface area (Å²) in [6, 6.07) is 18.1. The van der Waals surface area contributed by atoms with Gasteiger partial charge < -0.3 is 4.98 Å². The van der Waals surface area contributed by atoms with E-state index in [0.717, 1.165) is 25.9 Å². The van der Waals surface area contributed by atoms with Crippen molar-refractivity contribution in [3.8, 4) is 0 Å². The van der Waals surface area contributed by atoms with E-state index in [4.69, 9.17) is 0 Å². The molecule has 3 aromatic rings. The SMILES string of the molecule is CCC1c2[nH]c3ccc(C)cc3c2CCN1Cc1ccccc1. The standard InChI is InChI=1S/C21H24N2/c1-3-20-21-17(18-13-15(2)9-10-19(18)22-21)11-12-23(20)14-16-7-5-4-6-8-16/h4-10,13,20,22H,3,11-12,14H2,1-2H3. The van der Waals surface area contributed by atoms with E-state index < -0.39 is 0 Å². The number of fused-ring (bicyclic) bond motifs is 3. The minimum Gasteiger partial charge on any atom is -0.357 e. The number of rotatable bonds is 3. The fraction of sp³-hybridized carbons (Fsp3) is 0.333. The van der Waals surface area contributed by atoms with Crippen molar-refractivity contribution >= 4 is 10.9 Å². The second kappa shape index (κ2) is 5.86. The van der Waals surface area contributed by atoms with Gasteiger partial charge in [0.2, 0.25) is 0 Å². The zero-order valence-corrected chi connectivity index (χ0v) is 14.0. The van der Waals surface area contributed by atoms with Gasteiger partial charge in [-0.3, -0.25) is 4.90 Å². The van der Waals surface area contributed by atoms with E-state index in [1.165, 1.54) is 27.7 Å². The van der Waals surface area contributed by atoms with Crippen molar-refractivity contribution in [2.45, 2.75) is 39.3 Å². The fourth-order valence-corrected chi connectivity index (χ4v) is 4.00. The molecule has 2 heterocycles. The third kappa shape index (κ3) is 2.57. The predicted molar refractivity (Wildman–Crippen MR) is 96.6 cm³/mol. The maximum atomic E-state index is 3.72. The van der Waals surface area contributed by atoms with Crippen LogP contribution in [0.4, 0.5) is 0 Å². The number of H-pyrrole nitrogens is 1. The highest BCUT2D eigenvalue weighted by atomic mass is 15.2. The Hall–Kier alpha value is -2.06. The van der Waals surface area contributed by atoms with Gasteiger partial charge in [0.05, 0.1) is 6.04 Å². The van der Waals surface area contributed by atoms with Crippen molar-refractivity contribution in [2.24, 2.45) is 0 Å². The first-order valence-electron chi connectivity index (χ1n) is 8.65. The molecule has 1 aromatic heterocycles. The van der Waals surface area contributed by atoms with Gasteiger partial charge in [-0.05, 0) is 43.0 Å². The number of aromatic nitrogens is 1. The Morgan fingerprint density at radius 2 is 1.96 bits per heavy atom. The molecule has 0 saturated heterocycles. The quantitative estimate of drug-likeness (QED) is 0.722. The maximum Gasteiger partial charge on any atom is 0.0502 e. The molecule has 0 amide bonds. The van der Waals surface area contributed by atoms with Gasteiger partial charge in [0.1, 0.15) is 0 Å². The van der Waals surface area contributed by atoms with Crippen LogP contribution < -0.4 is 0 Å². The van der Waals surface area contributed by atoms with Crippen LogP contribution in [0.3, 0.4) is 0 Å². The van der Waals surface area contributed by atoms with Crippen molar-refractivity contribution in [1.82, 2.24) is 9.88 Å². The molecule has 1 unspecified atom stereocenters. The van der Waals surface area contributed by atoms with E-state index >= 15 is 0 Å². The summed E-state index contributed by atoms with van der Waals surface area (Å²) in [4.78, 5) is 6.34. The molecule has 2 nitrogen and oxygen atoms in total. The average molecular weight is 304 g/mol. The molecule has 2 aromatic carbocycles. The summed E-state index contributed by atoms with van der Waals surface area (Å²) in [6.07, 6.45) is 2.29. The Balaban J connectivity index is 1.71. The normalized spacial score (nSPS) is 18.3. The van der Waals surface area contributed by atoms with Crippen LogP contribution in [0.2, 0.25) is 0 Å². The summed E-state index contributed by atoms with van der Waals surface area (Å²) in [7, 11) is 0. The monoisotopic (exact) mass is 304 g/mol. The molecular formula is C21H24N2. The number of hydrogen-bond acceptors (Lipinski definition) is 1. The van der Waals surface area contributed by atoms with E-state index in [9.17, 15) is 0 Å². The first-order chi connectivity index (χ1) is 11.3. The topological polar surface area (TPSA) is 19.0 Å². The van der Waals surface area contributed by atoms with E-state index in [-0.39, 0.29) is 0 Å². The van der Waals surface area contributed by atoms with Crippen molar-refractivity contribution in [3.05, 3.63) is 70.9 Å². The average Bonchev–Trinajstić information content (AvgIpc) is 2.93. The summed E-state index contributed by atoms with van der Waals surface area (Å²) in [6.45, 7) is 6.66. The minimum absolute atomic E-state index is 0.492. The van der Waals surface area contributed by atoms with Gasteiger partial charge in [-0.2, -0.15) is 0 Å². The van der Waals surface area contributed by atoms with Crippen LogP contribution in [-0.4, -0.2) is 16.4 Å². The zero-order valence-electron chi connectivity index (χ0n) is 14.0. The molecule has 0 spiro atoms. The summed E-state index contributed by atoms with van der Waals surface area (Å²) in [5.41, 5.74) is 7.02.